The second kappa shape index (κ2) is 11.7. The molecule has 0 aliphatic heterocycles. The Labute approximate surface area is 204 Å². The van der Waals surface area contributed by atoms with E-state index in [-0.39, 0.29) is 12.2 Å². The zero-order valence-electron chi connectivity index (χ0n) is 19.3. The quantitative estimate of drug-likeness (QED) is 0.327. The van der Waals surface area contributed by atoms with E-state index in [9.17, 15) is 14.4 Å². The maximum absolute atomic E-state index is 12.6. The lowest BCUT2D eigenvalue weighted by atomic mass is 9.96. The Morgan fingerprint density at radius 3 is 2.20 bits per heavy atom. The van der Waals surface area contributed by atoms with E-state index in [1.54, 1.807) is 36.7 Å². The highest BCUT2D eigenvalue weighted by molar-refractivity contribution is 6.41. The third-order valence-electron chi connectivity index (χ3n) is 5.73. The van der Waals surface area contributed by atoms with Crippen molar-refractivity contribution in [2.24, 2.45) is 0 Å². The van der Waals surface area contributed by atoms with Crippen molar-refractivity contribution in [1.29, 1.82) is 0 Å². The summed E-state index contributed by atoms with van der Waals surface area (Å²) in [6, 6.07) is 28.2. The smallest absolute Gasteiger partial charge is 0.292 e. The molecule has 1 aromatic heterocycles. The molecule has 0 saturated heterocycles. The van der Waals surface area contributed by atoms with Crippen molar-refractivity contribution in [3.63, 3.8) is 0 Å². The van der Waals surface area contributed by atoms with Gasteiger partial charge in [0.25, 0.3) is 5.91 Å². The van der Waals surface area contributed by atoms with Crippen LogP contribution in [0.3, 0.4) is 0 Å². The molecule has 0 atom stereocenters. The first-order valence-corrected chi connectivity index (χ1v) is 11.6. The molecule has 174 valence electrons. The van der Waals surface area contributed by atoms with E-state index in [0.29, 0.717) is 24.9 Å². The molecule has 4 rings (SSSR count). The summed E-state index contributed by atoms with van der Waals surface area (Å²) in [5.74, 6) is -1.03. The fraction of sp³-hybridized carbons (Fsp3) is 0.133. The summed E-state index contributed by atoms with van der Waals surface area (Å²) in [5.41, 5.74) is 5.16. The number of nitrogens with zero attached hydrogens (tertiary/aromatic N) is 1. The molecular weight excluding hydrogens is 436 g/mol. The van der Waals surface area contributed by atoms with Crippen molar-refractivity contribution in [2.45, 2.75) is 25.7 Å². The highest BCUT2D eigenvalue weighted by Gasteiger charge is 2.17. The molecule has 0 radical (unpaired) electrons. The number of nitrogens with one attached hydrogen (secondary N) is 1. The SMILES string of the molecule is O=C(CCc1cccnc1)Cc1ccc(NC(=O)C(=O)Cc2ccccc2-c2ccccc2)cc1. The summed E-state index contributed by atoms with van der Waals surface area (Å²) in [4.78, 5) is 41.5. The Morgan fingerprint density at radius 1 is 0.714 bits per heavy atom. The van der Waals surface area contributed by atoms with Gasteiger partial charge in [-0.1, -0.05) is 72.8 Å². The van der Waals surface area contributed by atoms with Gasteiger partial charge in [0.15, 0.2) is 0 Å². The Bertz CT molecular complexity index is 1300. The van der Waals surface area contributed by atoms with Crippen LogP contribution in [0.15, 0.2) is 103 Å². The summed E-state index contributed by atoms with van der Waals surface area (Å²) in [5, 5.41) is 2.67. The number of rotatable bonds is 10. The molecule has 0 spiro atoms. The van der Waals surface area contributed by atoms with Crippen molar-refractivity contribution < 1.29 is 14.4 Å². The van der Waals surface area contributed by atoms with Crippen molar-refractivity contribution in [3.05, 3.63) is 120 Å². The minimum atomic E-state index is -0.659. The van der Waals surface area contributed by atoms with Crippen LogP contribution < -0.4 is 5.32 Å². The van der Waals surface area contributed by atoms with Gasteiger partial charge >= 0.3 is 0 Å². The lowest BCUT2D eigenvalue weighted by Gasteiger charge is -2.10. The number of Topliss-reactive ketones (excluding diaryl/α,β-unsaturated/α-hetero) is 2. The normalized spacial score (nSPS) is 10.5. The lowest BCUT2D eigenvalue weighted by molar-refractivity contribution is -0.134. The summed E-state index contributed by atoms with van der Waals surface area (Å²) in [6.45, 7) is 0. The van der Waals surface area contributed by atoms with Crippen LogP contribution in [-0.4, -0.2) is 22.5 Å². The highest BCUT2D eigenvalue weighted by Crippen LogP contribution is 2.24. The first kappa shape index (κ1) is 23.8. The number of hydrogen-bond donors (Lipinski definition) is 1. The Kier molecular flexibility index (Phi) is 7.92. The van der Waals surface area contributed by atoms with E-state index in [1.807, 2.05) is 66.7 Å². The minimum absolute atomic E-state index is 0.0143. The molecule has 0 saturated carbocycles. The maximum atomic E-state index is 12.6. The third-order valence-corrected chi connectivity index (χ3v) is 5.73. The van der Waals surface area contributed by atoms with Gasteiger partial charge in [0, 0.05) is 37.3 Å². The van der Waals surface area contributed by atoms with Crippen molar-refractivity contribution >= 4 is 23.2 Å². The zero-order valence-corrected chi connectivity index (χ0v) is 19.3. The molecule has 0 aliphatic rings. The van der Waals surface area contributed by atoms with Crippen LogP contribution in [0.2, 0.25) is 0 Å². The van der Waals surface area contributed by atoms with Gasteiger partial charge < -0.3 is 5.32 Å². The molecular formula is C30H26N2O3. The van der Waals surface area contributed by atoms with E-state index in [0.717, 1.165) is 27.8 Å². The molecule has 0 bridgehead atoms. The van der Waals surface area contributed by atoms with E-state index in [1.165, 1.54) is 0 Å². The monoisotopic (exact) mass is 462 g/mol. The predicted octanol–water partition coefficient (Wildman–Crippen LogP) is 5.24. The molecule has 1 heterocycles. The Balaban J connectivity index is 1.31. The molecule has 1 amide bonds. The van der Waals surface area contributed by atoms with Crippen LogP contribution in [-0.2, 0) is 33.6 Å². The van der Waals surface area contributed by atoms with E-state index < -0.39 is 11.7 Å². The number of anilines is 1. The molecule has 1 N–H and O–H groups in total. The van der Waals surface area contributed by atoms with E-state index >= 15 is 0 Å². The fourth-order valence-corrected chi connectivity index (χ4v) is 3.88. The van der Waals surface area contributed by atoms with Crippen molar-refractivity contribution in [1.82, 2.24) is 4.98 Å². The van der Waals surface area contributed by atoms with Gasteiger partial charge in [-0.2, -0.15) is 0 Å². The lowest BCUT2D eigenvalue weighted by Crippen LogP contribution is -2.24. The molecule has 0 unspecified atom stereocenters. The van der Waals surface area contributed by atoms with Gasteiger partial charge in [0.05, 0.1) is 0 Å². The Morgan fingerprint density at radius 2 is 1.46 bits per heavy atom. The molecule has 0 aliphatic carbocycles. The van der Waals surface area contributed by atoms with Crippen LogP contribution >= 0.6 is 0 Å². The Hall–Kier alpha value is -4.38. The minimum Gasteiger partial charge on any atom is -0.319 e. The van der Waals surface area contributed by atoms with Crippen molar-refractivity contribution in [3.8, 4) is 11.1 Å². The fourth-order valence-electron chi connectivity index (χ4n) is 3.88. The number of carbonyl (C=O) groups is 3. The number of aryl methyl sites for hydroxylation is 1. The molecule has 3 aromatic carbocycles. The van der Waals surface area contributed by atoms with Gasteiger partial charge in [0.2, 0.25) is 5.78 Å². The molecule has 5 nitrogen and oxygen atoms in total. The van der Waals surface area contributed by atoms with Gasteiger partial charge in [0.1, 0.15) is 5.78 Å². The molecule has 4 aromatic rings. The van der Waals surface area contributed by atoms with E-state index in [4.69, 9.17) is 0 Å². The first-order chi connectivity index (χ1) is 17.1. The van der Waals surface area contributed by atoms with Crippen LogP contribution in [0.4, 0.5) is 5.69 Å². The second-order valence-electron chi connectivity index (χ2n) is 8.35. The van der Waals surface area contributed by atoms with Crippen molar-refractivity contribution in [2.75, 3.05) is 5.32 Å². The number of carbonyl (C=O) groups excluding carboxylic acids is 3. The first-order valence-electron chi connectivity index (χ1n) is 11.6. The van der Waals surface area contributed by atoms with Gasteiger partial charge in [-0.05, 0) is 52.4 Å². The highest BCUT2D eigenvalue weighted by atomic mass is 16.2. The van der Waals surface area contributed by atoms with Crippen LogP contribution in [0.1, 0.15) is 23.1 Å². The number of pyridine rings is 1. The maximum Gasteiger partial charge on any atom is 0.292 e. The van der Waals surface area contributed by atoms with Gasteiger partial charge in [-0.15, -0.1) is 0 Å². The van der Waals surface area contributed by atoms with Crippen LogP contribution in [0.25, 0.3) is 11.1 Å². The molecule has 0 fully saturated rings. The largest absolute Gasteiger partial charge is 0.319 e. The topological polar surface area (TPSA) is 76.1 Å². The average molecular weight is 463 g/mol. The summed E-state index contributed by atoms with van der Waals surface area (Å²) < 4.78 is 0. The summed E-state index contributed by atoms with van der Waals surface area (Å²) in [6.07, 6.45) is 4.93. The summed E-state index contributed by atoms with van der Waals surface area (Å²) in [7, 11) is 0. The third kappa shape index (κ3) is 6.81. The van der Waals surface area contributed by atoms with Gasteiger partial charge in [-0.25, -0.2) is 0 Å². The molecule has 5 heteroatoms. The number of hydrogen-bond acceptors (Lipinski definition) is 4. The zero-order chi connectivity index (χ0) is 24.5. The summed E-state index contributed by atoms with van der Waals surface area (Å²) >= 11 is 0. The number of benzene rings is 3. The number of ketones is 2. The predicted molar refractivity (Wildman–Crippen MR) is 137 cm³/mol. The van der Waals surface area contributed by atoms with Crippen LogP contribution in [0.5, 0.6) is 0 Å². The van der Waals surface area contributed by atoms with Gasteiger partial charge in [-0.3, -0.25) is 19.4 Å². The van der Waals surface area contributed by atoms with Crippen LogP contribution in [0, 0.1) is 0 Å². The number of amides is 1. The molecule has 35 heavy (non-hydrogen) atoms. The average Bonchev–Trinajstić information content (AvgIpc) is 2.90. The standard InChI is InChI=1S/C30H26N2O3/c33-27(17-14-23-7-6-18-31-21-23)19-22-12-15-26(16-13-22)32-30(35)29(34)20-25-10-4-5-11-28(25)24-8-2-1-3-9-24/h1-13,15-16,18,21H,14,17,19-20H2,(H,32,35). The number of aromatic nitrogens is 1. The second-order valence-corrected chi connectivity index (χ2v) is 8.35. The van der Waals surface area contributed by atoms with E-state index in [2.05, 4.69) is 10.3 Å².